The summed E-state index contributed by atoms with van der Waals surface area (Å²) in [6.07, 6.45) is 8.89. The van der Waals surface area contributed by atoms with Gasteiger partial charge in [0.25, 0.3) is 0 Å². The van der Waals surface area contributed by atoms with E-state index >= 15 is 0 Å². The van der Waals surface area contributed by atoms with E-state index in [0.717, 1.165) is 37.9 Å². The van der Waals surface area contributed by atoms with Crippen LogP contribution in [0.25, 0.3) is 0 Å². The molecule has 4 rings (SSSR count). The topological polar surface area (TPSA) is 78.4 Å². The number of fused-ring (bicyclic) bond motifs is 1. The lowest BCUT2D eigenvalue weighted by molar-refractivity contribution is 0.202. The molecule has 0 unspecified atom stereocenters. The molecule has 0 fully saturated rings. The van der Waals surface area contributed by atoms with Gasteiger partial charge in [0.15, 0.2) is 23.1 Å². The van der Waals surface area contributed by atoms with Crippen LogP contribution in [-0.2, 0) is 19.4 Å². The molecular formula is C24H28N4O3. The van der Waals surface area contributed by atoms with Gasteiger partial charge in [-0.1, -0.05) is 37.6 Å². The molecule has 0 bridgehead atoms. The van der Waals surface area contributed by atoms with Crippen LogP contribution in [0.15, 0.2) is 49.1 Å². The molecule has 31 heavy (non-hydrogen) atoms. The van der Waals surface area contributed by atoms with Crippen LogP contribution in [0.4, 0.5) is 5.82 Å². The fraction of sp³-hybridized carbons (Fsp3) is 0.375. The fourth-order valence-corrected chi connectivity index (χ4v) is 3.66. The summed E-state index contributed by atoms with van der Waals surface area (Å²) in [7, 11) is 1.62. The number of benzene rings is 1. The van der Waals surface area contributed by atoms with E-state index in [1.807, 2.05) is 6.07 Å². The molecule has 3 aromatic rings. The third-order valence-corrected chi connectivity index (χ3v) is 5.29. The van der Waals surface area contributed by atoms with Crippen LogP contribution in [0.3, 0.4) is 0 Å². The average molecular weight is 421 g/mol. The Bertz CT molecular complexity index is 987. The fourth-order valence-electron chi connectivity index (χ4n) is 3.66. The van der Waals surface area contributed by atoms with Crippen molar-refractivity contribution in [2.45, 2.75) is 45.3 Å². The lowest BCUT2D eigenvalue weighted by Gasteiger charge is -2.17. The average Bonchev–Trinajstić information content (AvgIpc) is 3.21. The molecule has 1 aliphatic rings. The Labute approximate surface area is 182 Å². The highest BCUT2D eigenvalue weighted by Crippen LogP contribution is 2.32. The van der Waals surface area contributed by atoms with Crippen LogP contribution in [0.2, 0.25) is 0 Å². The number of ether oxygens (including phenoxy) is 3. The van der Waals surface area contributed by atoms with Crippen LogP contribution in [-0.4, -0.2) is 34.7 Å². The van der Waals surface area contributed by atoms with Crippen molar-refractivity contribution in [3.8, 4) is 17.2 Å². The first-order valence-corrected chi connectivity index (χ1v) is 10.7. The zero-order valence-corrected chi connectivity index (χ0v) is 18.0. The van der Waals surface area contributed by atoms with Crippen molar-refractivity contribution in [2.24, 2.45) is 0 Å². The summed E-state index contributed by atoms with van der Waals surface area (Å²) >= 11 is 0. The SMILES string of the molecule is CCCCNc1ncncc1OCc1cc(OC2Cc3ccccc3C2)c(OC)cn1. The lowest BCUT2D eigenvalue weighted by Crippen LogP contribution is -2.17. The highest BCUT2D eigenvalue weighted by Gasteiger charge is 2.24. The van der Waals surface area contributed by atoms with Crippen LogP contribution in [0.5, 0.6) is 17.2 Å². The maximum Gasteiger partial charge on any atom is 0.180 e. The first-order valence-electron chi connectivity index (χ1n) is 10.7. The number of pyridine rings is 1. The van der Waals surface area contributed by atoms with E-state index in [1.54, 1.807) is 19.5 Å². The molecule has 1 aliphatic carbocycles. The Balaban J connectivity index is 1.42. The quantitative estimate of drug-likeness (QED) is 0.492. The number of hydrogen-bond acceptors (Lipinski definition) is 7. The van der Waals surface area contributed by atoms with Gasteiger partial charge in [-0.3, -0.25) is 4.98 Å². The molecule has 7 heteroatoms. The second-order valence-electron chi connectivity index (χ2n) is 7.55. The summed E-state index contributed by atoms with van der Waals surface area (Å²) in [5, 5.41) is 3.30. The van der Waals surface area contributed by atoms with Crippen LogP contribution in [0.1, 0.15) is 36.6 Å². The van der Waals surface area contributed by atoms with Crippen molar-refractivity contribution >= 4 is 5.82 Å². The summed E-state index contributed by atoms with van der Waals surface area (Å²) in [6, 6.07) is 10.4. The summed E-state index contributed by atoms with van der Waals surface area (Å²) in [5.74, 6) is 2.59. The number of rotatable bonds is 10. The minimum absolute atomic E-state index is 0.0827. The molecule has 0 saturated heterocycles. The first-order chi connectivity index (χ1) is 15.3. The van der Waals surface area contributed by atoms with E-state index in [1.165, 1.54) is 17.5 Å². The highest BCUT2D eigenvalue weighted by atomic mass is 16.5. The van der Waals surface area contributed by atoms with E-state index in [9.17, 15) is 0 Å². The zero-order valence-electron chi connectivity index (χ0n) is 18.0. The number of nitrogens with zero attached hydrogens (tertiary/aromatic N) is 3. The Kier molecular flexibility index (Phi) is 6.82. The van der Waals surface area contributed by atoms with Crippen molar-refractivity contribution in [3.63, 3.8) is 0 Å². The number of aromatic nitrogens is 3. The summed E-state index contributed by atoms with van der Waals surface area (Å²) < 4.78 is 17.7. The second kappa shape index (κ2) is 10.1. The minimum atomic E-state index is 0.0827. The zero-order chi connectivity index (χ0) is 21.5. The maximum atomic E-state index is 6.30. The number of unbranched alkanes of at least 4 members (excludes halogenated alkanes) is 1. The molecule has 1 N–H and O–H groups in total. The lowest BCUT2D eigenvalue weighted by atomic mass is 10.1. The van der Waals surface area contributed by atoms with E-state index in [-0.39, 0.29) is 12.7 Å². The smallest absolute Gasteiger partial charge is 0.180 e. The number of hydrogen-bond donors (Lipinski definition) is 1. The Morgan fingerprint density at radius 2 is 1.84 bits per heavy atom. The first kappa shape index (κ1) is 20.9. The van der Waals surface area contributed by atoms with Gasteiger partial charge >= 0.3 is 0 Å². The molecular weight excluding hydrogens is 392 g/mol. The maximum absolute atomic E-state index is 6.30. The van der Waals surface area contributed by atoms with E-state index in [0.29, 0.717) is 23.1 Å². The van der Waals surface area contributed by atoms with Crippen molar-refractivity contribution < 1.29 is 14.2 Å². The summed E-state index contributed by atoms with van der Waals surface area (Å²) in [6.45, 7) is 3.27. The Morgan fingerprint density at radius 3 is 2.58 bits per heavy atom. The molecule has 162 valence electrons. The second-order valence-corrected chi connectivity index (χ2v) is 7.55. The van der Waals surface area contributed by atoms with E-state index < -0.39 is 0 Å². The van der Waals surface area contributed by atoms with Gasteiger partial charge in [-0.2, -0.15) is 0 Å². The van der Waals surface area contributed by atoms with Gasteiger partial charge in [-0.25, -0.2) is 9.97 Å². The van der Waals surface area contributed by atoms with Gasteiger partial charge in [0.2, 0.25) is 0 Å². The van der Waals surface area contributed by atoms with Crippen molar-refractivity contribution in [1.82, 2.24) is 15.0 Å². The minimum Gasteiger partial charge on any atom is -0.491 e. The molecule has 2 heterocycles. The van der Waals surface area contributed by atoms with Crippen molar-refractivity contribution in [2.75, 3.05) is 19.0 Å². The van der Waals surface area contributed by atoms with Crippen LogP contribution in [0, 0.1) is 0 Å². The predicted molar refractivity (Wildman–Crippen MR) is 119 cm³/mol. The van der Waals surface area contributed by atoms with E-state index in [4.69, 9.17) is 14.2 Å². The molecule has 0 saturated carbocycles. The van der Waals surface area contributed by atoms with Crippen molar-refractivity contribution in [3.05, 3.63) is 65.9 Å². The molecule has 7 nitrogen and oxygen atoms in total. The Hall–Kier alpha value is -3.35. The number of anilines is 1. The standard InChI is InChI=1S/C24H28N4O3/c1-3-4-9-26-24-23(13-25-16-28-24)30-15-19-12-21(22(29-2)14-27-19)31-20-10-17-7-5-6-8-18(17)11-20/h5-8,12-14,16,20H,3-4,9-11,15H2,1-2H3,(H,25,26,28). The molecule has 0 radical (unpaired) electrons. The van der Waals surface area contributed by atoms with Gasteiger partial charge in [0.1, 0.15) is 19.0 Å². The summed E-state index contributed by atoms with van der Waals surface area (Å²) in [5.41, 5.74) is 3.43. The van der Waals surface area contributed by atoms with E-state index in [2.05, 4.69) is 51.5 Å². The van der Waals surface area contributed by atoms with Gasteiger partial charge in [-0.05, 0) is 17.5 Å². The van der Waals surface area contributed by atoms with Gasteiger partial charge in [0.05, 0.1) is 25.2 Å². The van der Waals surface area contributed by atoms with Crippen LogP contribution >= 0.6 is 0 Å². The molecule has 1 aromatic carbocycles. The summed E-state index contributed by atoms with van der Waals surface area (Å²) in [4.78, 5) is 12.8. The van der Waals surface area contributed by atoms with Crippen LogP contribution < -0.4 is 19.5 Å². The number of methoxy groups -OCH3 is 1. The number of nitrogens with one attached hydrogen (secondary N) is 1. The molecule has 0 atom stereocenters. The third-order valence-electron chi connectivity index (χ3n) is 5.29. The van der Waals surface area contributed by atoms with Crippen molar-refractivity contribution in [1.29, 1.82) is 0 Å². The molecule has 0 amide bonds. The largest absolute Gasteiger partial charge is 0.491 e. The normalized spacial score (nSPS) is 13.0. The van der Waals surface area contributed by atoms with Gasteiger partial charge < -0.3 is 19.5 Å². The molecule has 0 spiro atoms. The Morgan fingerprint density at radius 1 is 1.03 bits per heavy atom. The van der Waals surface area contributed by atoms with Gasteiger partial charge in [0, 0.05) is 25.5 Å². The monoisotopic (exact) mass is 420 g/mol. The predicted octanol–water partition coefficient (Wildman–Crippen LogP) is 4.22. The van der Waals surface area contributed by atoms with Gasteiger partial charge in [-0.15, -0.1) is 0 Å². The third kappa shape index (κ3) is 5.23. The molecule has 2 aromatic heterocycles. The molecule has 0 aliphatic heterocycles. The highest BCUT2D eigenvalue weighted by molar-refractivity contribution is 5.48.